The topological polar surface area (TPSA) is 50.3 Å². The molecule has 1 unspecified atom stereocenters. The number of nitrogens with zero attached hydrogens (tertiary/aromatic N) is 3. The molecule has 2 aromatic rings. The van der Waals surface area contributed by atoms with E-state index in [9.17, 15) is 0 Å². The van der Waals surface area contributed by atoms with Crippen molar-refractivity contribution in [3.05, 3.63) is 48.2 Å². The lowest BCUT2D eigenvalue weighted by atomic mass is 10.1. The number of nitrogens with one attached hydrogen (secondary N) is 1. The smallest absolute Gasteiger partial charge is 0.151 e. The molecule has 5 heteroatoms. The first-order valence-electron chi connectivity index (χ1n) is 9.88. The van der Waals surface area contributed by atoms with E-state index in [1.165, 1.54) is 44.1 Å². The summed E-state index contributed by atoms with van der Waals surface area (Å²) in [5.74, 6) is 1.99. The number of piperidine rings is 1. The standard InChI is InChI=1S/C21H28N4O/c1-2-9-19(8-1)26-20-10-3-6-17(14-20)15-22-18-7-5-13-25(16-18)21-11-4-12-23-24-21/h3-4,6,10-12,14,18-19,22H,1-2,5,7-9,13,15-16H2. The molecule has 2 fully saturated rings. The number of ether oxygens (including phenoxy) is 1. The molecule has 0 spiro atoms. The third kappa shape index (κ3) is 4.52. The molecule has 0 radical (unpaired) electrons. The van der Waals surface area contributed by atoms with E-state index in [4.69, 9.17) is 4.74 Å². The van der Waals surface area contributed by atoms with Crippen molar-refractivity contribution < 1.29 is 4.74 Å². The van der Waals surface area contributed by atoms with Gasteiger partial charge in [-0.05, 0) is 68.4 Å². The molecule has 5 nitrogen and oxygen atoms in total. The minimum atomic E-state index is 0.414. The third-order valence-electron chi connectivity index (χ3n) is 5.40. The quantitative estimate of drug-likeness (QED) is 0.861. The van der Waals surface area contributed by atoms with E-state index in [0.717, 1.165) is 31.2 Å². The van der Waals surface area contributed by atoms with Gasteiger partial charge in [-0.3, -0.25) is 0 Å². The lowest BCUT2D eigenvalue weighted by Gasteiger charge is -2.33. The highest BCUT2D eigenvalue weighted by atomic mass is 16.5. The Morgan fingerprint density at radius 2 is 2.00 bits per heavy atom. The van der Waals surface area contributed by atoms with Crippen LogP contribution in [0.5, 0.6) is 5.75 Å². The second kappa shape index (κ2) is 8.49. The molecule has 1 aromatic heterocycles. The number of anilines is 1. The highest BCUT2D eigenvalue weighted by molar-refractivity contribution is 5.37. The molecule has 0 amide bonds. The van der Waals surface area contributed by atoms with Crippen molar-refractivity contribution in [1.29, 1.82) is 0 Å². The Balaban J connectivity index is 1.30. The van der Waals surface area contributed by atoms with Gasteiger partial charge in [-0.15, -0.1) is 5.10 Å². The molecule has 4 rings (SSSR count). The zero-order valence-electron chi connectivity index (χ0n) is 15.3. The van der Waals surface area contributed by atoms with Crippen LogP contribution in [-0.2, 0) is 6.54 Å². The van der Waals surface area contributed by atoms with Gasteiger partial charge < -0.3 is 15.0 Å². The van der Waals surface area contributed by atoms with Crippen LogP contribution in [0.2, 0.25) is 0 Å². The Kier molecular flexibility index (Phi) is 5.65. The van der Waals surface area contributed by atoms with Gasteiger partial charge in [0.2, 0.25) is 0 Å². The molecule has 1 atom stereocenters. The molecule has 1 aromatic carbocycles. The van der Waals surface area contributed by atoms with Gasteiger partial charge in [0.05, 0.1) is 6.10 Å². The zero-order chi connectivity index (χ0) is 17.6. The predicted octanol–water partition coefficient (Wildman–Crippen LogP) is 3.56. The van der Waals surface area contributed by atoms with Crippen LogP contribution in [-0.4, -0.2) is 35.4 Å². The molecule has 0 bridgehead atoms. The van der Waals surface area contributed by atoms with Gasteiger partial charge in [-0.1, -0.05) is 12.1 Å². The second-order valence-electron chi connectivity index (χ2n) is 7.42. The first kappa shape index (κ1) is 17.3. The molecule has 1 aliphatic carbocycles. The van der Waals surface area contributed by atoms with Gasteiger partial charge in [0.15, 0.2) is 5.82 Å². The maximum atomic E-state index is 6.13. The third-order valence-corrected chi connectivity index (χ3v) is 5.40. The van der Waals surface area contributed by atoms with E-state index >= 15 is 0 Å². The fraction of sp³-hybridized carbons (Fsp3) is 0.524. The molecule has 138 valence electrons. The summed E-state index contributed by atoms with van der Waals surface area (Å²) in [6.45, 7) is 2.92. The first-order chi connectivity index (χ1) is 12.9. The van der Waals surface area contributed by atoms with Crippen molar-refractivity contribution in [3.63, 3.8) is 0 Å². The molecule has 2 aliphatic rings. The number of benzene rings is 1. The molecule has 1 aliphatic heterocycles. The summed E-state index contributed by atoms with van der Waals surface area (Å²) in [6, 6.07) is 13.0. The normalized spacial score (nSPS) is 21.1. The van der Waals surface area contributed by atoms with Crippen LogP contribution in [0.4, 0.5) is 5.82 Å². The van der Waals surface area contributed by atoms with Crippen LogP contribution in [0, 0.1) is 0 Å². The predicted molar refractivity (Wildman–Crippen MR) is 103 cm³/mol. The van der Waals surface area contributed by atoms with E-state index in [0.29, 0.717) is 12.1 Å². The minimum Gasteiger partial charge on any atom is -0.490 e. The van der Waals surface area contributed by atoms with Crippen molar-refractivity contribution in [3.8, 4) is 5.75 Å². The van der Waals surface area contributed by atoms with E-state index in [-0.39, 0.29) is 0 Å². The van der Waals surface area contributed by atoms with Gasteiger partial charge in [0.1, 0.15) is 5.75 Å². The first-order valence-corrected chi connectivity index (χ1v) is 9.88. The van der Waals surface area contributed by atoms with Crippen LogP contribution >= 0.6 is 0 Å². The van der Waals surface area contributed by atoms with Crippen LogP contribution in [0.1, 0.15) is 44.1 Å². The summed E-state index contributed by atoms with van der Waals surface area (Å²) >= 11 is 0. The highest BCUT2D eigenvalue weighted by Crippen LogP contribution is 2.24. The SMILES string of the molecule is c1cc(CNC2CCCN(c3cccnn3)C2)cc(OC2CCCC2)c1. The van der Waals surface area contributed by atoms with Crippen LogP contribution in [0.25, 0.3) is 0 Å². The Hall–Kier alpha value is -2.14. The van der Waals surface area contributed by atoms with Crippen molar-refractivity contribution >= 4 is 5.82 Å². The van der Waals surface area contributed by atoms with Crippen LogP contribution < -0.4 is 15.0 Å². The fourth-order valence-corrected chi connectivity index (χ4v) is 4.00. The molecule has 1 N–H and O–H groups in total. The summed E-state index contributed by atoms with van der Waals surface area (Å²) in [4.78, 5) is 2.33. The van der Waals surface area contributed by atoms with E-state index in [1.807, 2.05) is 12.1 Å². The Bertz CT molecular complexity index is 687. The summed E-state index contributed by atoms with van der Waals surface area (Å²) in [5.41, 5.74) is 1.29. The molecule has 2 heterocycles. The minimum absolute atomic E-state index is 0.414. The summed E-state index contributed by atoms with van der Waals surface area (Å²) in [5, 5.41) is 12.0. The van der Waals surface area contributed by atoms with Gasteiger partial charge in [-0.2, -0.15) is 5.10 Å². The highest BCUT2D eigenvalue weighted by Gasteiger charge is 2.21. The summed E-state index contributed by atoms with van der Waals surface area (Å²) in [7, 11) is 0. The van der Waals surface area contributed by atoms with Crippen molar-refractivity contribution in [1.82, 2.24) is 15.5 Å². The number of aromatic nitrogens is 2. The molecule has 26 heavy (non-hydrogen) atoms. The van der Waals surface area contributed by atoms with Crippen LogP contribution in [0.3, 0.4) is 0 Å². The number of hydrogen-bond donors (Lipinski definition) is 1. The maximum absolute atomic E-state index is 6.13. The molecular formula is C21H28N4O. The average Bonchev–Trinajstić information content (AvgIpc) is 3.21. The van der Waals surface area contributed by atoms with Gasteiger partial charge >= 0.3 is 0 Å². The maximum Gasteiger partial charge on any atom is 0.151 e. The Morgan fingerprint density at radius 1 is 1.08 bits per heavy atom. The summed E-state index contributed by atoms with van der Waals surface area (Å²) < 4.78 is 6.13. The number of rotatable bonds is 6. The van der Waals surface area contributed by atoms with Crippen LogP contribution in [0.15, 0.2) is 42.6 Å². The number of hydrogen-bond acceptors (Lipinski definition) is 5. The molecular weight excluding hydrogens is 324 g/mol. The van der Waals surface area contributed by atoms with Crippen molar-refractivity contribution in [2.75, 3.05) is 18.0 Å². The largest absolute Gasteiger partial charge is 0.490 e. The summed E-state index contributed by atoms with van der Waals surface area (Å²) in [6.07, 6.45) is 9.52. The van der Waals surface area contributed by atoms with Gasteiger partial charge in [-0.25, -0.2) is 0 Å². The van der Waals surface area contributed by atoms with Gasteiger partial charge in [0, 0.05) is 31.9 Å². The van der Waals surface area contributed by atoms with Crippen molar-refractivity contribution in [2.45, 2.75) is 57.2 Å². The monoisotopic (exact) mass is 352 g/mol. The lowest BCUT2D eigenvalue weighted by molar-refractivity contribution is 0.210. The Labute approximate surface area is 155 Å². The van der Waals surface area contributed by atoms with E-state index in [1.54, 1.807) is 6.20 Å². The molecule has 1 saturated heterocycles. The van der Waals surface area contributed by atoms with E-state index in [2.05, 4.69) is 44.7 Å². The van der Waals surface area contributed by atoms with Crippen molar-refractivity contribution in [2.24, 2.45) is 0 Å². The Morgan fingerprint density at radius 3 is 2.85 bits per heavy atom. The zero-order valence-corrected chi connectivity index (χ0v) is 15.3. The van der Waals surface area contributed by atoms with E-state index < -0.39 is 0 Å². The fourth-order valence-electron chi connectivity index (χ4n) is 4.00. The lowest BCUT2D eigenvalue weighted by Crippen LogP contribution is -2.45. The average molecular weight is 352 g/mol. The second-order valence-corrected chi connectivity index (χ2v) is 7.42. The van der Waals surface area contributed by atoms with Gasteiger partial charge in [0.25, 0.3) is 0 Å². The molecule has 1 saturated carbocycles.